The van der Waals surface area contributed by atoms with Gasteiger partial charge >= 0.3 is 0 Å². The molecule has 2 aromatic carbocycles. The van der Waals surface area contributed by atoms with Gasteiger partial charge in [-0.05, 0) is 42.3 Å². The van der Waals surface area contributed by atoms with Gasteiger partial charge in [-0.2, -0.15) is 5.10 Å². The monoisotopic (exact) mass is 482 g/mol. The Labute approximate surface area is 203 Å². The van der Waals surface area contributed by atoms with Gasteiger partial charge in [0.05, 0.1) is 31.0 Å². The average Bonchev–Trinajstić information content (AvgIpc) is 3.29. The highest BCUT2D eigenvalue weighted by Crippen LogP contribution is 2.31. The van der Waals surface area contributed by atoms with Crippen LogP contribution in [0.5, 0.6) is 11.5 Å². The number of likely N-dealkylation sites (tertiary alicyclic amines) is 1. The van der Waals surface area contributed by atoms with E-state index in [0.29, 0.717) is 47.2 Å². The van der Waals surface area contributed by atoms with Crippen molar-refractivity contribution in [3.63, 3.8) is 0 Å². The van der Waals surface area contributed by atoms with E-state index in [4.69, 9.17) is 21.1 Å². The number of carbonyl (C=O) groups excluding carboxylic acids is 2. The number of carbonyl (C=O) groups is 2. The third-order valence-corrected chi connectivity index (χ3v) is 6.45. The van der Waals surface area contributed by atoms with E-state index < -0.39 is 0 Å². The van der Waals surface area contributed by atoms with Gasteiger partial charge in [-0.15, -0.1) is 0 Å². The molecule has 8 nitrogen and oxygen atoms in total. The zero-order chi connectivity index (χ0) is 24.2. The Hall–Kier alpha value is -3.52. The summed E-state index contributed by atoms with van der Waals surface area (Å²) >= 11 is 6.23. The number of methoxy groups -OCH3 is 2. The second-order valence-electron chi connectivity index (χ2n) is 8.22. The molecule has 34 heavy (non-hydrogen) atoms. The minimum absolute atomic E-state index is 0.106. The van der Waals surface area contributed by atoms with Gasteiger partial charge < -0.3 is 19.7 Å². The molecule has 0 spiro atoms. The highest BCUT2D eigenvalue weighted by atomic mass is 35.5. The lowest BCUT2D eigenvalue weighted by molar-refractivity contribution is 0.0671. The van der Waals surface area contributed by atoms with Gasteiger partial charge in [-0.1, -0.05) is 23.7 Å². The van der Waals surface area contributed by atoms with Crippen LogP contribution in [0.4, 0.5) is 0 Å². The molecule has 2 heterocycles. The Morgan fingerprint density at radius 2 is 1.88 bits per heavy atom. The lowest BCUT2D eigenvalue weighted by atomic mass is 9.87. The van der Waals surface area contributed by atoms with Crippen LogP contribution in [-0.2, 0) is 7.05 Å². The number of halogens is 1. The molecule has 1 N–H and O–H groups in total. The third-order valence-electron chi connectivity index (χ3n) is 6.12. The fourth-order valence-corrected chi connectivity index (χ4v) is 4.54. The molecule has 1 aromatic heterocycles. The van der Waals surface area contributed by atoms with E-state index in [0.717, 1.165) is 5.56 Å². The van der Waals surface area contributed by atoms with Crippen molar-refractivity contribution < 1.29 is 19.1 Å². The van der Waals surface area contributed by atoms with Crippen molar-refractivity contribution in [2.45, 2.75) is 18.4 Å². The molecule has 2 amide bonds. The molecule has 9 heteroatoms. The topological polar surface area (TPSA) is 85.7 Å². The summed E-state index contributed by atoms with van der Waals surface area (Å²) in [4.78, 5) is 28.1. The normalized spacial score (nSPS) is 17.8. The molecule has 0 unspecified atom stereocenters. The fraction of sp³-hybridized carbons (Fsp3) is 0.320. The van der Waals surface area contributed by atoms with Gasteiger partial charge in [0.1, 0.15) is 0 Å². The van der Waals surface area contributed by atoms with Crippen molar-refractivity contribution in [2.75, 3.05) is 27.3 Å². The smallest absolute Gasteiger partial charge is 0.254 e. The summed E-state index contributed by atoms with van der Waals surface area (Å²) in [7, 11) is 4.94. The van der Waals surface area contributed by atoms with E-state index in [1.165, 1.54) is 7.11 Å². The van der Waals surface area contributed by atoms with Crippen molar-refractivity contribution in [3.05, 3.63) is 76.6 Å². The van der Waals surface area contributed by atoms with Crippen LogP contribution < -0.4 is 14.8 Å². The van der Waals surface area contributed by atoms with Crippen LogP contribution in [-0.4, -0.2) is 59.8 Å². The van der Waals surface area contributed by atoms with Crippen molar-refractivity contribution >= 4 is 23.4 Å². The number of nitrogens with zero attached hydrogens (tertiary/aromatic N) is 3. The second-order valence-corrected chi connectivity index (χ2v) is 8.63. The highest BCUT2D eigenvalue weighted by molar-refractivity contribution is 6.33. The standard InChI is InChI=1S/C25H27ClN4O4/c1-29-14-17(13-27-29)19-15-30(25(32)16-8-9-22(33-2)23(12-16)34-3)11-10-21(19)28-24(31)18-6-4-5-7-20(18)26/h4-9,12-14,19,21H,10-11,15H2,1-3H3,(H,28,31)/t19-,21+/m1/s1. The lowest BCUT2D eigenvalue weighted by Crippen LogP contribution is -2.51. The maximum Gasteiger partial charge on any atom is 0.254 e. The molecular weight excluding hydrogens is 456 g/mol. The number of hydrogen-bond donors (Lipinski definition) is 1. The number of piperidine rings is 1. The first-order chi connectivity index (χ1) is 16.4. The third kappa shape index (κ3) is 4.87. The van der Waals surface area contributed by atoms with Gasteiger partial charge in [-0.25, -0.2) is 0 Å². The minimum atomic E-state index is -0.232. The predicted molar refractivity (Wildman–Crippen MR) is 129 cm³/mol. The first-order valence-electron chi connectivity index (χ1n) is 11.0. The molecule has 1 aliphatic rings. The van der Waals surface area contributed by atoms with Crippen molar-refractivity contribution in [1.29, 1.82) is 0 Å². The molecular formula is C25H27ClN4O4. The summed E-state index contributed by atoms with van der Waals surface area (Å²) in [6, 6.07) is 11.9. The van der Waals surface area contributed by atoms with E-state index >= 15 is 0 Å². The second kappa shape index (κ2) is 10.2. The Kier molecular flexibility index (Phi) is 7.07. The van der Waals surface area contributed by atoms with Crippen LogP contribution in [0.1, 0.15) is 38.6 Å². The number of benzene rings is 2. The summed E-state index contributed by atoms with van der Waals surface area (Å²) in [6.07, 6.45) is 4.29. The van der Waals surface area contributed by atoms with E-state index in [1.807, 2.05) is 13.2 Å². The van der Waals surface area contributed by atoms with E-state index in [1.54, 1.807) is 65.4 Å². The number of aryl methyl sites for hydroxylation is 1. The Morgan fingerprint density at radius 1 is 1.12 bits per heavy atom. The fourth-order valence-electron chi connectivity index (χ4n) is 4.32. The number of nitrogens with one attached hydrogen (secondary N) is 1. The summed E-state index contributed by atoms with van der Waals surface area (Å²) in [5.74, 6) is 0.597. The van der Waals surface area contributed by atoms with Gasteiger partial charge in [0, 0.05) is 43.9 Å². The van der Waals surface area contributed by atoms with Crippen LogP contribution in [0.25, 0.3) is 0 Å². The maximum atomic E-state index is 13.3. The van der Waals surface area contributed by atoms with E-state index in [9.17, 15) is 9.59 Å². The van der Waals surface area contributed by atoms with E-state index in [2.05, 4.69) is 10.4 Å². The molecule has 1 fully saturated rings. The first-order valence-corrected chi connectivity index (χ1v) is 11.3. The average molecular weight is 483 g/mol. The number of amides is 2. The number of hydrogen-bond acceptors (Lipinski definition) is 5. The highest BCUT2D eigenvalue weighted by Gasteiger charge is 2.35. The maximum absolute atomic E-state index is 13.3. The lowest BCUT2D eigenvalue weighted by Gasteiger charge is -2.38. The number of ether oxygens (including phenoxy) is 2. The van der Waals surface area contributed by atoms with Crippen LogP contribution in [0, 0.1) is 0 Å². The van der Waals surface area contributed by atoms with Crippen LogP contribution in [0.3, 0.4) is 0 Å². The zero-order valence-electron chi connectivity index (χ0n) is 19.3. The molecule has 0 bridgehead atoms. The molecule has 178 valence electrons. The van der Waals surface area contributed by atoms with Gasteiger partial charge in [0.25, 0.3) is 11.8 Å². The van der Waals surface area contributed by atoms with Crippen LogP contribution >= 0.6 is 11.6 Å². The molecule has 4 rings (SSSR count). The van der Waals surface area contributed by atoms with Crippen LogP contribution in [0.2, 0.25) is 5.02 Å². The predicted octanol–water partition coefficient (Wildman–Crippen LogP) is 3.52. The summed E-state index contributed by atoms with van der Waals surface area (Å²) in [5.41, 5.74) is 1.90. The molecule has 0 aliphatic carbocycles. The Bertz CT molecular complexity index is 1200. The van der Waals surface area contributed by atoms with Gasteiger partial charge in [0.2, 0.25) is 0 Å². The van der Waals surface area contributed by atoms with Crippen molar-refractivity contribution in [3.8, 4) is 11.5 Å². The largest absolute Gasteiger partial charge is 0.493 e. The van der Waals surface area contributed by atoms with E-state index in [-0.39, 0.29) is 23.8 Å². The van der Waals surface area contributed by atoms with Crippen molar-refractivity contribution in [2.24, 2.45) is 7.05 Å². The van der Waals surface area contributed by atoms with Gasteiger partial charge in [0.15, 0.2) is 11.5 Å². The summed E-state index contributed by atoms with van der Waals surface area (Å²) in [5, 5.41) is 7.83. The summed E-state index contributed by atoms with van der Waals surface area (Å²) in [6.45, 7) is 0.934. The summed E-state index contributed by atoms with van der Waals surface area (Å²) < 4.78 is 12.4. The molecule has 2 atom stereocenters. The number of aromatic nitrogens is 2. The molecule has 0 radical (unpaired) electrons. The number of rotatable bonds is 6. The Morgan fingerprint density at radius 3 is 2.56 bits per heavy atom. The molecule has 3 aromatic rings. The molecule has 0 saturated carbocycles. The molecule has 1 saturated heterocycles. The first kappa shape index (κ1) is 23.6. The van der Waals surface area contributed by atoms with Crippen molar-refractivity contribution in [1.82, 2.24) is 20.0 Å². The molecule has 1 aliphatic heterocycles. The van der Waals surface area contributed by atoms with Crippen LogP contribution in [0.15, 0.2) is 54.9 Å². The Balaban J connectivity index is 1.56. The minimum Gasteiger partial charge on any atom is -0.493 e. The van der Waals surface area contributed by atoms with Gasteiger partial charge in [-0.3, -0.25) is 14.3 Å². The SMILES string of the molecule is COc1ccc(C(=O)N2CC[C@H](NC(=O)c3ccccc3Cl)[C@@H](c3cnn(C)c3)C2)cc1OC. The quantitative estimate of drug-likeness (QED) is 0.581. The zero-order valence-corrected chi connectivity index (χ0v) is 20.1.